The van der Waals surface area contributed by atoms with Gasteiger partial charge in [0.1, 0.15) is 48.8 Å². The molecule has 0 radical (unpaired) electrons. The second-order valence-corrected chi connectivity index (χ2v) is 24.3. The van der Waals surface area contributed by atoms with Crippen molar-refractivity contribution in [2.24, 2.45) is 0 Å². The summed E-state index contributed by atoms with van der Waals surface area (Å²) < 4.78 is 22.8. The summed E-state index contributed by atoms with van der Waals surface area (Å²) in [6.07, 6.45) is 63.3. The molecule has 0 bridgehead atoms. The van der Waals surface area contributed by atoms with Crippen molar-refractivity contribution in [3.05, 3.63) is 97.2 Å². The second-order valence-electron chi connectivity index (χ2n) is 24.3. The Morgan fingerprint density at radius 3 is 1.26 bits per heavy atom. The maximum absolute atomic E-state index is 13.3. The average molecular weight is 1230 g/mol. The molecule has 2 fully saturated rings. The molecule has 2 aliphatic rings. The molecule has 14 heteroatoms. The summed E-state index contributed by atoms with van der Waals surface area (Å²) >= 11 is 0. The van der Waals surface area contributed by atoms with Crippen molar-refractivity contribution < 1.29 is 64.6 Å². The zero-order valence-electron chi connectivity index (χ0n) is 54.5. The highest BCUT2D eigenvalue weighted by Crippen LogP contribution is 2.30. The van der Waals surface area contributed by atoms with Gasteiger partial charge in [-0.15, -0.1) is 0 Å². The van der Waals surface area contributed by atoms with E-state index < -0.39 is 86.8 Å². The molecule has 87 heavy (non-hydrogen) atoms. The molecule has 9 N–H and O–H groups in total. The summed E-state index contributed by atoms with van der Waals surface area (Å²) in [5.74, 6) is -0.253. The van der Waals surface area contributed by atoms with Gasteiger partial charge in [0, 0.05) is 6.42 Å². The number of rotatable bonds is 56. The summed E-state index contributed by atoms with van der Waals surface area (Å²) in [5, 5.41) is 87.3. The number of hydrogen-bond donors (Lipinski definition) is 9. The lowest BCUT2D eigenvalue weighted by atomic mass is 9.97. The number of carbonyl (C=O) groups is 1. The van der Waals surface area contributed by atoms with Gasteiger partial charge in [-0.25, -0.2) is 0 Å². The fraction of sp³-hybridized carbons (Fsp3) is 0.767. The van der Waals surface area contributed by atoms with Gasteiger partial charge in [0.15, 0.2) is 12.6 Å². The lowest BCUT2D eigenvalue weighted by Crippen LogP contribution is -2.65. The number of amides is 1. The number of aliphatic hydroxyl groups excluding tert-OH is 8. The first kappa shape index (κ1) is 80.0. The molecule has 0 saturated carbocycles. The summed E-state index contributed by atoms with van der Waals surface area (Å²) in [5.41, 5.74) is 0. The van der Waals surface area contributed by atoms with Crippen molar-refractivity contribution in [3.8, 4) is 0 Å². The van der Waals surface area contributed by atoms with Gasteiger partial charge < -0.3 is 65.1 Å². The van der Waals surface area contributed by atoms with E-state index in [0.717, 1.165) is 77.0 Å². The zero-order chi connectivity index (χ0) is 63.1. The van der Waals surface area contributed by atoms with E-state index in [0.29, 0.717) is 12.8 Å². The summed E-state index contributed by atoms with van der Waals surface area (Å²) in [6, 6.07) is -0.942. The Labute approximate surface area is 528 Å². The van der Waals surface area contributed by atoms with Gasteiger partial charge in [-0.2, -0.15) is 0 Å². The smallest absolute Gasteiger partial charge is 0.220 e. The summed E-state index contributed by atoms with van der Waals surface area (Å²) in [4.78, 5) is 13.3. The normalized spacial score (nSPS) is 23.9. The highest BCUT2D eigenvalue weighted by molar-refractivity contribution is 5.76. The molecule has 2 saturated heterocycles. The third kappa shape index (κ3) is 41.1. The fourth-order valence-corrected chi connectivity index (χ4v) is 10.9. The minimum atomic E-state index is -1.80. The first-order valence-electron chi connectivity index (χ1n) is 35.0. The third-order valence-corrected chi connectivity index (χ3v) is 16.5. The van der Waals surface area contributed by atoms with E-state index in [4.69, 9.17) is 18.9 Å². The first-order chi connectivity index (χ1) is 42.6. The summed E-state index contributed by atoms with van der Waals surface area (Å²) in [6.45, 7) is 2.67. The van der Waals surface area contributed by atoms with Crippen LogP contribution in [0.5, 0.6) is 0 Å². The van der Waals surface area contributed by atoms with E-state index in [1.54, 1.807) is 6.08 Å². The lowest BCUT2D eigenvalue weighted by Gasteiger charge is -2.46. The molecule has 0 aliphatic carbocycles. The van der Waals surface area contributed by atoms with Crippen LogP contribution in [0.2, 0.25) is 0 Å². The van der Waals surface area contributed by atoms with Crippen LogP contribution in [0.3, 0.4) is 0 Å². The SMILES string of the molecule is CC/C=C\C/C=C\C/C=C\C/C=C\C/C=C\CCCCCCCCCCCCCCCCCCCCCC(=O)NC(COC1OC(CO)C(OC2OC(CO)C(O)C(O)C2O)C(O)C1O)C(O)/C=C/CC/C=C/CC/C=C/CCCCCCCCCC. The van der Waals surface area contributed by atoms with E-state index in [1.807, 2.05) is 6.08 Å². The molecule has 2 heterocycles. The number of nitrogens with one attached hydrogen (secondary N) is 1. The maximum Gasteiger partial charge on any atom is 0.220 e. The van der Waals surface area contributed by atoms with Gasteiger partial charge in [0.25, 0.3) is 0 Å². The lowest BCUT2D eigenvalue weighted by molar-refractivity contribution is -0.359. The van der Waals surface area contributed by atoms with Crippen molar-refractivity contribution in [3.63, 3.8) is 0 Å². The van der Waals surface area contributed by atoms with Crippen LogP contribution in [-0.2, 0) is 23.7 Å². The topological polar surface area (TPSA) is 228 Å². The predicted molar refractivity (Wildman–Crippen MR) is 355 cm³/mol. The van der Waals surface area contributed by atoms with Gasteiger partial charge in [-0.1, -0.05) is 265 Å². The fourth-order valence-electron chi connectivity index (χ4n) is 10.9. The van der Waals surface area contributed by atoms with Gasteiger partial charge in [0.2, 0.25) is 5.91 Å². The number of hydrogen-bond acceptors (Lipinski definition) is 13. The van der Waals surface area contributed by atoms with Gasteiger partial charge in [0.05, 0.1) is 32.0 Å². The Balaban J connectivity index is 1.64. The Morgan fingerprint density at radius 2 is 0.805 bits per heavy atom. The zero-order valence-corrected chi connectivity index (χ0v) is 54.5. The van der Waals surface area contributed by atoms with Crippen molar-refractivity contribution in [1.29, 1.82) is 0 Å². The number of aliphatic hydroxyl groups is 8. The molecule has 1 amide bonds. The van der Waals surface area contributed by atoms with Crippen LogP contribution in [0.25, 0.3) is 0 Å². The minimum Gasteiger partial charge on any atom is -0.394 e. The Bertz CT molecular complexity index is 1830. The molecule has 0 aromatic carbocycles. The molecule has 502 valence electrons. The molecule has 14 nitrogen and oxygen atoms in total. The van der Waals surface area contributed by atoms with Crippen LogP contribution in [0.4, 0.5) is 0 Å². The molecular formula is C73H127NO13. The van der Waals surface area contributed by atoms with Crippen molar-refractivity contribution in [2.45, 2.75) is 338 Å². The standard InChI is InChI=1S/C73H127NO13/c1-3-5-7-9-11-13-15-17-19-21-23-24-25-26-27-28-29-30-31-32-33-34-35-36-37-38-39-41-43-45-47-49-51-53-55-57-65(78)74-61(62(77)56-54-52-50-48-46-44-42-40-22-20-18-16-14-12-10-8-6-4-2)60-84-72-70(83)68(81)71(64(59-76)86-72)87-73-69(82)67(80)66(79)63(58-75)85-73/h5,7,11,13,17,19,22-24,26-27,40,46,48,54,56,61-64,66-73,75-77,79-83H,3-4,6,8-10,12,14-16,18,20-21,25,28-39,41-45,47,49-53,55,57-60H2,1-2H3,(H,74,78)/b7-5-,13-11-,19-17-,24-23-,27-26-,40-22+,48-46+,56-54+. The number of carbonyl (C=O) groups excluding carboxylic acids is 1. The molecule has 12 atom stereocenters. The quantitative estimate of drug-likeness (QED) is 0.0204. The highest BCUT2D eigenvalue weighted by Gasteiger charge is 2.51. The van der Waals surface area contributed by atoms with Crippen molar-refractivity contribution >= 4 is 5.91 Å². The van der Waals surface area contributed by atoms with E-state index >= 15 is 0 Å². The van der Waals surface area contributed by atoms with Crippen LogP contribution in [0.1, 0.15) is 264 Å². The van der Waals surface area contributed by atoms with Crippen molar-refractivity contribution in [1.82, 2.24) is 5.32 Å². The first-order valence-corrected chi connectivity index (χ1v) is 35.0. The van der Waals surface area contributed by atoms with Gasteiger partial charge in [-0.3, -0.25) is 4.79 Å². The van der Waals surface area contributed by atoms with E-state index in [1.165, 1.54) is 154 Å². The highest BCUT2D eigenvalue weighted by atomic mass is 16.7. The predicted octanol–water partition coefficient (Wildman–Crippen LogP) is 14.2. The Hall–Kier alpha value is -3.09. The molecule has 2 rings (SSSR count). The van der Waals surface area contributed by atoms with Crippen LogP contribution in [0, 0.1) is 0 Å². The van der Waals surface area contributed by atoms with Crippen LogP contribution < -0.4 is 5.32 Å². The summed E-state index contributed by atoms with van der Waals surface area (Å²) in [7, 11) is 0. The average Bonchev–Trinajstić information content (AvgIpc) is 3.71. The molecule has 0 aromatic heterocycles. The molecule has 2 aliphatic heterocycles. The molecule has 12 unspecified atom stereocenters. The maximum atomic E-state index is 13.3. The third-order valence-electron chi connectivity index (χ3n) is 16.5. The minimum absolute atomic E-state index is 0.253. The van der Waals surface area contributed by atoms with Gasteiger partial charge >= 0.3 is 0 Å². The molecule has 0 aromatic rings. The van der Waals surface area contributed by atoms with Crippen molar-refractivity contribution in [2.75, 3.05) is 19.8 Å². The number of ether oxygens (including phenoxy) is 4. The monoisotopic (exact) mass is 1230 g/mol. The second kappa shape index (κ2) is 56.9. The molecule has 0 spiro atoms. The molecular weight excluding hydrogens is 1100 g/mol. The Kier molecular flexibility index (Phi) is 52.3. The van der Waals surface area contributed by atoms with Crippen LogP contribution >= 0.6 is 0 Å². The Morgan fingerprint density at radius 1 is 0.425 bits per heavy atom. The van der Waals surface area contributed by atoms with E-state index in [-0.39, 0.29) is 18.9 Å². The van der Waals surface area contributed by atoms with Crippen LogP contribution in [-0.4, -0.2) is 140 Å². The van der Waals surface area contributed by atoms with Crippen LogP contribution in [0.15, 0.2) is 97.2 Å². The number of unbranched alkanes of at least 4 members (excludes halogenated alkanes) is 29. The largest absolute Gasteiger partial charge is 0.394 e. The number of allylic oxidation sites excluding steroid dienone is 15. The van der Waals surface area contributed by atoms with Gasteiger partial charge in [-0.05, 0) is 89.9 Å². The van der Waals surface area contributed by atoms with E-state index in [2.05, 4.69) is 104 Å². The van der Waals surface area contributed by atoms with E-state index in [9.17, 15) is 45.6 Å².